The van der Waals surface area contributed by atoms with Gasteiger partial charge in [-0.05, 0) is 13.8 Å². The van der Waals surface area contributed by atoms with Gasteiger partial charge in [0.05, 0.1) is 6.04 Å². The van der Waals surface area contributed by atoms with Gasteiger partial charge >= 0.3 is 0 Å². The monoisotopic (exact) mass is 275 g/mol. The summed E-state index contributed by atoms with van der Waals surface area (Å²) in [5.74, 6) is -0.163. The second-order valence-corrected chi connectivity index (χ2v) is 4.50. The van der Waals surface area contributed by atoms with E-state index in [1.807, 2.05) is 13.8 Å². The number of hydrogen-bond acceptors (Lipinski definition) is 3. The van der Waals surface area contributed by atoms with Crippen molar-refractivity contribution >= 4 is 30.7 Å². The van der Waals surface area contributed by atoms with E-state index in [4.69, 9.17) is 5.73 Å². The first kappa shape index (κ1) is 18.3. The standard InChI is InChI=1S/C9H18FN3O.2ClH/c1-9(2,11)5-13-8(14)7-3-6(10)4-12-7;;/h6-7,12H,3-5,11H2,1-2H3,(H,13,14);2*1H/t6-,7+;;/m1../s1. The van der Waals surface area contributed by atoms with Gasteiger partial charge in [-0.1, -0.05) is 0 Å². The van der Waals surface area contributed by atoms with Crippen LogP contribution in [0.3, 0.4) is 0 Å². The van der Waals surface area contributed by atoms with Crippen molar-refractivity contribution in [3.05, 3.63) is 0 Å². The van der Waals surface area contributed by atoms with Crippen molar-refractivity contribution < 1.29 is 9.18 Å². The summed E-state index contributed by atoms with van der Waals surface area (Å²) >= 11 is 0. The number of rotatable bonds is 3. The highest BCUT2D eigenvalue weighted by molar-refractivity contribution is 5.85. The van der Waals surface area contributed by atoms with Gasteiger partial charge in [0.25, 0.3) is 0 Å². The highest BCUT2D eigenvalue weighted by atomic mass is 35.5. The van der Waals surface area contributed by atoms with Gasteiger partial charge in [-0.3, -0.25) is 4.79 Å². The third-order valence-corrected chi connectivity index (χ3v) is 2.11. The number of halogens is 3. The number of alkyl halides is 1. The van der Waals surface area contributed by atoms with Crippen LogP contribution in [0.25, 0.3) is 0 Å². The van der Waals surface area contributed by atoms with Crippen molar-refractivity contribution in [2.24, 2.45) is 5.73 Å². The Balaban J connectivity index is 0. The highest BCUT2D eigenvalue weighted by Crippen LogP contribution is 2.09. The van der Waals surface area contributed by atoms with E-state index in [1.165, 1.54) is 0 Å². The fourth-order valence-corrected chi connectivity index (χ4v) is 1.33. The van der Waals surface area contributed by atoms with Crippen molar-refractivity contribution in [2.45, 2.75) is 38.0 Å². The van der Waals surface area contributed by atoms with Gasteiger partial charge in [-0.25, -0.2) is 4.39 Å². The van der Waals surface area contributed by atoms with Crippen LogP contribution in [-0.4, -0.2) is 36.7 Å². The lowest BCUT2D eigenvalue weighted by atomic mass is 10.1. The molecule has 1 heterocycles. The smallest absolute Gasteiger partial charge is 0.237 e. The fraction of sp³-hybridized carbons (Fsp3) is 0.889. The minimum absolute atomic E-state index is 0. The molecule has 7 heteroatoms. The molecular formula is C9H20Cl2FN3O. The molecule has 4 nitrogen and oxygen atoms in total. The zero-order chi connectivity index (χ0) is 10.8. The Hall–Kier alpha value is -0.100. The van der Waals surface area contributed by atoms with Crippen LogP contribution < -0.4 is 16.4 Å². The van der Waals surface area contributed by atoms with E-state index in [1.54, 1.807) is 0 Å². The Bertz CT molecular complexity index is 223. The molecule has 1 amide bonds. The SMILES string of the molecule is CC(C)(N)CNC(=O)[C@@H]1C[C@@H](F)CN1.Cl.Cl. The zero-order valence-electron chi connectivity index (χ0n) is 9.46. The van der Waals surface area contributed by atoms with Crippen molar-refractivity contribution in [1.29, 1.82) is 0 Å². The minimum atomic E-state index is -0.906. The van der Waals surface area contributed by atoms with Crippen LogP contribution in [0.2, 0.25) is 0 Å². The maximum Gasteiger partial charge on any atom is 0.237 e. The van der Waals surface area contributed by atoms with Crippen LogP contribution >= 0.6 is 24.8 Å². The predicted molar refractivity (Wildman–Crippen MR) is 67.1 cm³/mol. The topological polar surface area (TPSA) is 67.1 Å². The van der Waals surface area contributed by atoms with E-state index < -0.39 is 17.8 Å². The summed E-state index contributed by atoms with van der Waals surface area (Å²) in [4.78, 5) is 11.4. The van der Waals surface area contributed by atoms with Gasteiger partial charge in [-0.2, -0.15) is 0 Å². The van der Waals surface area contributed by atoms with E-state index in [-0.39, 0.29) is 43.7 Å². The molecule has 16 heavy (non-hydrogen) atoms. The molecule has 4 N–H and O–H groups in total. The molecule has 0 aliphatic carbocycles. The van der Waals surface area contributed by atoms with Crippen molar-refractivity contribution in [2.75, 3.05) is 13.1 Å². The van der Waals surface area contributed by atoms with Crippen LogP contribution in [0.4, 0.5) is 4.39 Å². The van der Waals surface area contributed by atoms with Crippen LogP contribution in [0.15, 0.2) is 0 Å². The Kier molecular flexibility index (Phi) is 8.30. The summed E-state index contributed by atoms with van der Waals surface area (Å²) in [6, 6.07) is -0.396. The first-order chi connectivity index (χ1) is 6.38. The minimum Gasteiger partial charge on any atom is -0.353 e. The van der Waals surface area contributed by atoms with Crippen molar-refractivity contribution in [3.63, 3.8) is 0 Å². The average molecular weight is 276 g/mol. The number of nitrogens with two attached hydrogens (primary N) is 1. The lowest BCUT2D eigenvalue weighted by Crippen LogP contribution is -2.49. The van der Waals surface area contributed by atoms with E-state index in [0.717, 1.165) is 0 Å². The summed E-state index contributed by atoms with van der Waals surface area (Å²) < 4.78 is 12.7. The lowest BCUT2D eigenvalue weighted by Gasteiger charge is -2.20. The summed E-state index contributed by atoms with van der Waals surface area (Å²) in [5.41, 5.74) is 5.27. The lowest BCUT2D eigenvalue weighted by molar-refractivity contribution is -0.123. The number of carbonyl (C=O) groups excluding carboxylic acids is 1. The molecule has 1 fully saturated rings. The van der Waals surface area contributed by atoms with E-state index in [2.05, 4.69) is 10.6 Å². The quantitative estimate of drug-likeness (QED) is 0.698. The first-order valence-electron chi connectivity index (χ1n) is 4.82. The van der Waals surface area contributed by atoms with Gasteiger partial charge in [-0.15, -0.1) is 24.8 Å². The summed E-state index contributed by atoms with van der Waals surface area (Å²) in [5, 5.41) is 5.51. The average Bonchev–Trinajstić information content (AvgIpc) is 2.46. The van der Waals surface area contributed by atoms with E-state index in [9.17, 15) is 9.18 Å². The third-order valence-electron chi connectivity index (χ3n) is 2.11. The predicted octanol–water partition coefficient (Wildman–Crippen LogP) is 0.383. The van der Waals surface area contributed by atoms with Gasteiger partial charge in [0, 0.05) is 25.0 Å². The van der Waals surface area contributed by atoms with Crippen LogP contribution in [0, 0.1) is 0 Å². The maximum absolute atomic E-state index is 12.7. The fourth-order valence-electron chi connectivity index (χ4n) is 1.33. The second-order valence-electron chi connectivity index (χ2n) is 4.50. The molecule has 0 aromatic rings. The Morgan fingerprint density at radius 1 is 1.56 bits per heavy atom. The molecule has 2 atom stereocenters. The summed E-state index contributed by atoms with van der Waals surface area (Å²) in [7, 11) is 0. The molecule has 0 bridgehead atoms. The van der Waals surface area contributed by atoms with Gasteiger partial charge < -0.3 is 16.4 Å². The molecule has 0 unspecified atom stereocenters. The highest BCUT2D eigenvalue weighted by Gasteiger charge is 2.29. The number of nitrogens with one attached hydrogen (secondary N) is 2. The second kappa shape index (κ2) is 7.27. The van der Waals surface area contributed by atoms with Gasteiger partial charge in [0.1, 0.15) is 6.17 Å². The van der Waals surface area contributed by atoms with Crippen LogP contribution in [0.5, 0.6) is 0 Å². The van der Waals surface area contributed by atoms with Crippen LogP contribution in [-0.2, 0) is 4.79 Å². The Morgan fingerprint density at radius 3 is 2.50 bits per heavy atom. The molecule has 0 aromatic carbocycles. The molecular weight excluding hydrogens is 256 g/mol. The third kappa shape index (κ3) is 6.48. The maximum atomic E-state index is 12.7. The molecule has 98 valence electrons. The van der Waals surface area contributed by atoms with Gasteiger partial charge in [0.15, 0.2) is 0 Å². The first-order valence-corrected chi connectivity index (χ1v) is 4.82. The van der Waals surface area contributed by atoms with Crippen molar-refractivity contribution in [1.82, 2.24) is 10.6 Å². The number of amides is 1. The molecule has 0 saturated carbocycles. The molecule has 0 aromatic heterocycles. The summed E-state index contributed by atoms with van der Waals surface area (Å²) in [6.45, 7) is 4.33. The Morgan fingerprint density at radius 2 is 2.12 bits per heavy atom. The van der Waals surface area contributed by atoms with E-state index in [0.29, 0.717) is 6.54 Å². The molecule has 0 spiro atoms. The largest absolute Gasteiger partial charge is 0.353 e. The molecule has 1 aliphatic rings. The number of carbonyl (C=O) groups is 1. The summed E-state index contributed by atoms with van der Waals surface area (Å²) in [6.07, 6.45) is -0.645. The molecule has 1 rings (SSSR count). The Labute approximate surface area is 108 Å². The van der Waals surface area contributed by atoms with E-state index >= 15 is 0 Å². The normalized spacial score (nSPS) is 24.2. The number of hydrogen-bond donors (Lipinski definition) is 3. The molecule has 1 saturated heterocycles. The van der Waals surface area contributed by atoms with Gasteiger partial charge in [0.2, 0.25) is 5.91 Å². The molecule has 0 radical (unpaired) electrons. The molecule has 1 aliphatic heterocycles. The van der Waals surface area contributed by atoms with Crippen LogP contribution in [0.1, 0.15) is 20.3 Å². The van der Waals surface area contributed by atoms with Crippen molar-refractivity contribution in [3.8, 4) is 0 Å². The zero-order valence-corrected chi connectivity index (χ0v) is 11.1.